The van der Waals surface area contributed by atoms with Crippen molar-refractivity contribution in [2.75, 3.05) is 19.8 Å². The predicted octanol–water partition coefficient (Wildman–Crippen LogP) is 2.47. The number of ether oxygens (including phenoxy) is 2. The molecular weight excluding hydrogens is 352 g/mol. The minimum atomic E-state index is -0.925. The zero-order chi connectivity index (χ0) is 19.8. The molecule has 0 aliphatic heterocycles. The Morgan fingerprint density at radius 2 is 1.96 bits per heavy atom. The van der Waals surface area contributed by atoms with Crippen molar-refractivity contribution in [3.8, 4) is 11.5 Å². The van der Waals surface area contributed by atoms with Gasteiger partial charge in [0.25, 0.3) is 5.91 Å². The summed E-state index contributed by atoms with van der Waals surface area (Å²) in [5.41, 5.74) is 0.764. The zero-order valence-corrected chi connectivity index (χ0v) is 15.2. The van der Waals surface area contributed by atoms with E-state index in [4.69, 9.17) is 9.47 Å². The number of nitrogens with zero attached hydrogens (tertiary/aromatic N) is 1. The second-order valence-corrected chi connectivity index (χ2v) is 5.81. The maximum absolute atomic E-state index is 12.2. The number of nitro groups is 1. The van der Waals surface area contributed by atoms with Crippen LogP contribution in [0.3, 0.4) is 0 Å². The smallest absolute Gasteiger partial charge is 0.311 e. The summed E-state index contributed by atoms with van der Waals surface area (Å²) < 4.78 is 10.7. The number of aliphatic hydroxyl groups is 1. The number of nitrogens with one attached hydrogen (secondary N) is 1. The molecule has 2 aromatic rings. The van der Waals surface area contributed by atoms with Gasteiger partial charge in [-0.25, -0.2) is 0 Å². The van der Waals surface area contributed by atoms with Crippen LogP contribution in [0, 0.1) is 17.0 Å². The van der Waals surface area contributed by atoms with Crippen LogP contribution in [0.1, 0.15) is 22.8 Å². The van der Waals surface area contributed by atoms with E-state index in [0.717, 1.165) is 11.6 Å². The molecule has 2 rings (SSSR count). The van der Waals surface area contributed by atoms with Gasteiger partial charge in [0, 0.05) is 18.2 Å². The molecule has 1 unspecified atom stereocenters. The van der Waals surface area contributed by atoms with Crippen LogP contribution in [0.25, 0.3) is 0 Å². The fourth-order valence-electron chi connectivity index (χ4n) is 2.35. The Bertz CT molecular complexity index is 809. The molecule has 0 saturated carbocycles. The average Bonchev–Trinajstić information content (AvgIpc) is 2.65. The minimum Gasteiger partial charge on any atom is -0.491 e. The molecule has 0 heterocycles. The van der Waals surface area contributed by atoms with Crippen LogP contribution in [0.2, 0.25) is 0 Å². The summed E-state index contributed by atoms with van der Waals surface area (Å²) in [5.74, 6) is 0.229. The van der Waals surface area contributed by atoms with Crippen LogP contribution in [-0.4, -0.2) is 41.8 Å². The van der Waals surface area contributed by atoms with Crippen LogP contribution >= 0.6 is 0 Å². The topological polar surface area (TPSA) is 111 Å². The van der Waals surface area contributed by atoms with Crippen LogP contribution in [0.5, 0.6) is 11.5 Å². The van der Waals surface area contributed by atoms with Gasteiger partial charge in [-0.15, -0.1) is 0 Å². The number of nitro benzene ring substituents is 1. The average molecular weight is 374 g/mol. The van der Waals surface area contributed by atoms with E-state index in [1.807, 2.05) is 25.1 Å². The SMILES string of the molecule is CCOc1ccc(C(=O)NCC(O)COc2ccccc2C)cc1[N+](=O)[O-]. The maximum atomic E-state index is 12.2. The number of benzene rings is 2. The molecular formula is C19H22N2O6. The number of hydrogen-bond acceptors (Lipinski definition) is 6. The molecule has 2 aromatic carbocycles. The first-order chi connectivity index (χ1) is 12.9. The Labute approximate surface area is 156 Å². The van der Waals surface area contributed by atoms with Gasteiger partial charge in [0.05, 0.1) is 11.5 Å². The molecule has 8 nitrogen and oxygen atoms in total. The Morgan fingerprint density at radius 3 is 2.63 bits per heavy atom. The van der Waals surface area contributed by atoms with Crippen molar-refractivity contribution in [2.24, 2.45) is 0 Å². The molecule has 1 atom stereocenters. The van der Waals surface area contributed by atoms with Crippen LogP contribution in [-0.2, 0) is 0 Å². The van der Waals surface area contributed by atoms with E-state index >= 15 is 0 Å². The lowest BCUT2D eigenvalue weighted by molar-refractivity contribution is -0.385. The maximum Gasteiger partial charge on any atom is 0.311 e. The molecule has 0 bridgehead atoms. The summed E-state index contributed by atoms with van der Waals surface area (Å²) in [6.07, 6.45) is -0.925. The third-order valence-electron chi connectivity index (χ3n) is 3.74. The van der Waals surface area contributed by atoms with Gasteiger partial charge in [-0.2, -0.15) is 0 Å². The second-order valence-electron chi connectivity index (χ2n) is 5.81. The Kier molecular flexibility index (Phi) is 7.13. The second kappa shape index (κ2) is 9.54. The van der Waals surface area contributed by atoms with E-state index in [-0.39, 0.29) is 36.8 Å². The molecule has 0 aliphatic carbocycles. The third kappa shape index (κ3) is 5.68. The van der Waals surface area contributed by atoms with E-state index in [2.05, 4.69) is 5.32 Å². The number of hydrogen-bond donors (Lipinski definition) is 2. The van der Waals surface area contributed by atoms with E-state index < -0.39 is 16.9 Å². The van der Waals surface area contributed by atoms with Crippen LogP contribution in [0.4, 0.5) is 5.69 Å². The summed E-state index contributed by atoms with van der Waals surface area (Å²) in [4.78, 5) is 22.7. The number of carbonyl (C=O) groups excluding carboxylic acids is 1. The molecule has 0 spiro atoms. The van der Waals surface area contributed by atoms with Crippen molar-refractivity contribution < 1.29 is 24.3 Å². The van der Waals surface area contributed by atoms with Gasteiger partial charge in [0.2, 0.25) is 0 Å². The van der Waals surface area contributed by atoms with Crippen molar-refractivity contribution in [1.29, 1.82) is 0 Å². The van der Waals surface area contributed by atoms with Gasteiger partial charge < -0.3 is 19.9 Å². The van der Waals surface area contributed by atoms with Crippen molar-refractivity contribution >= 4 is 11.6 Å². The lowest BCUT2D eigenvalue weighted by Gasteiger charge is -2.14. The Hall–Kier alpha value is -3.13. The van der Waals surface area contributed by atoms with Gasteiger partial charge in [-0.3, -0.25) is 14.9 Å². The largest absolute Gasteiger partial charge is 0.491 e. The number of aryl methyl sites for hydroxylation is 1. The molecule has 1 amide bonds. The number of para-hydroxylation sites is 1. The molecule has 27 heavy (non-hydrogen) atoms. The van der Waals surface area contributed by atoms with Gasteiger partial charge in [0.1, 0.15) is 18.5 Å². The van der Waals surface area contributed by atoms with Crippen molar-refractivity contribution in [3.63, 3.8) is 0 Å². The molecule has 2 N–H and O–H groups in total. The molecule has 0 radical (unpaired) electrons. The summed E-state index contributed by atoms with van der Waals surface area (Å²) in [6.45, 7) is 3.84. The summed E-state index contributed by atoms with van der Waals surface area (Å²) >= 11 is 0. The summed E-state index contributed by atoms with van der Waals surface area (Å²) in [7, 11) is 0. The summed E-state index contributed by atoms with van der Waals surface area (Å²) in [5, 5.41) is 23.6. The zero-order valence-electron chi connectivity index (χ0n) is 15.2. The fourth-order valence-corrected chi connectivity index (χ4v) is 2.35. The normalized spacial score (nSPS) is 11.5. The van der Waals surface area contributed by atoms with Gasteiger partial charge in [-0.1, -0.05) is 18.2 Å². The fraction of sp³-hybridized carbons (Fsp3) is 0.316. The highest BCUT2D eigenvalue weighted by Crippen LogP contribution is 2.27. The lowest BCUT2D eigenvalue weighted by Crippen LogP contribution is -2.35. The number of amides is 1. The van der Waals surface area contributed by atoms with Gasteiger partial charge >= 0.3 is 5.69 Å². The standard InChI is InChI=1S/C19H22N2O6/c1-3-26-18-9-8-14(10-16(18)21(24)25)19(23)20-11-15(22)12-27-17-7-5-4-6-13(17)2/h4-10,15,22H,3,11-12H2,1-2H3,(H,20,23). The monoisotopic (exact) mass is 374 g/mol. The Balaban J connectivity index is 1.92. The van der Waals surface area contributed by atoms with Crippen LogP contribution < -0.4 is 14.8 Å². The lowest BCUT2D eigenvalue weighted by atomic mass is 10.1. The molecule has 0 fully saturated rings. The molecule has 0 saturated heterocycles. The minimum absolute atomic E-state index is 0.00849. The first-order valence-corrected chi connectivity index (χ1v) is 8.48. The van der Waals surface area contributed by atoms with E-state index in [1.54, 1.807) is 13.0 Å². The number of aliphatic hydroxyl groups excluding tert-OH is 1. The highest BCUT2D eigenvalue weighted by molar-refractivity contribution is 5.95. The number of carbonyl (C=O) groups is 1. The van der Waals surface area contributed by atoms with Crippen LogP contribution in [0.15, 0.2) is 42.5 Å². The van der Waals surface area contributed by atoms with Crippen molar-refractivity contribution in [1.82, 2.24) is 5.32 Å². The number of rotatable bonds is 9. The Morgan fingerprint density at radius 1 is 1.22 bits per heavy atom. The third-order valence-corrected chi connectivity index (χ3v) is 3.74. The highest BCUT2D eigenvalue weighted by atomic mass is 16.6. The van der Waals surface area contributed by atoms with Crippen molar-refractivity contribution in [3.05, 3.63) is 63.7 Å². The highest BCUT2D eigenvalue weighted by Gasteiger charge is 2.19. The van der Waals surface area contributed by atoms with Gasteiger partial charge in [-0.05, 0) is 37.6 Å². The van der Waals surface area contributed by atoms with E-state index in [1.165, 1.54) is 12.1 Å². The summed E-state index contributed by atoms with van der Waals surface area (Å²) in [6, 6.07) is 11.4. The predicted molar refractivity (Wildman–Crippen MR) is 99.3 cm³/mol. The van der Waals surface area contributed by atoms with Crippen molar-refractivity contribution in [2.45, 2.75) is 20.0 Å². The molecule has 0 aromatic heterocycles. The molecule has 0 aliphatic rings. The van der Waals surface area contributed by atoms with E-state index in [9.17, 15) is 20.0 Å². The first kappa shape index (κ1) is 20.2. The quantitative estimate of drug-likeness (QED) is 0.515. The molecule has 144 valence electrons. The molecule has 8 heteroatoms. The van der Waals surface area contributed by atoms with Gasteiger partial charge in [0.15, 0.2) is 5.75 Å². The van der Waals surface area contributed by atoms with E-state index in [0.29, 0.717) is 5.75 Å². The first-order valence-electron chi connectivity index (χ1n) is 8.48.